The van der Waals surface area contributed by atoms with Crippen LogP contribution in [0.4, 0.5) is 11.4 Å². The summed E-state index contributed by atoms with van der Waals surface area (Å²) in [5.41, 5.74) is 3.09. The normalized spacial score (nSPS) is 12.6. The fourth-order valence-electron chi connectivity index (χ4n) is 2.93. The van der Waals surface area contributed by atoms with Crippen molar-refractivity contribution in [2.75, 3.05) is 17.2 Å². The maximum Gasteiger partial charge on any atom is 0.262 e. The lowest BCUT2D eigenvalue weighted by Crippen LogP contribution is -2.25. The lowest BCUT2D eigenvalue weighted by atomic mass is 10.2. The molecule has 1 aliphatic rings. The Morgan fingerprint density at radius 3 is 2.67 bits per heavy atom. The van der Waals surface area contributed by atoms with Gasteiger partial charge in [0.1, 0.15) is 18.1 Å². The first-order valence-corrected chi connectivity index (χ1v) is 9.48. The van der Waals surface area contributed by atoms with Gasteiger partial charge in [0, 0.05) is 11.8 Å². The van der Waals surface area contributed by atoms with Gasteiger partial charge in [-0.05, 0) is 47.5 Å². The first-order chi connectivity index (χ1) is 14.7. The highest BCUT2D eigenvalue weighted by atomic mass is 16.5. The number of rotatable bonds is 6. The molecule has 1 aliphatic heterocycles. The molecular weight excluding hydrogens is 380 g/mol. The third-order valence-corrected chi connectivity index (χ3v) is 4.44. The van der Waals surface area contributed by atoms with Gasteiger partial charge >= 0.3 is 0 Å². The first kappa shape index (κ1) is 19.3. The van der Waals surface area contributed by atoms with Crippen molar-refractivity contribution in [3.63, 3.8) is 0 Å². The Balaban J connectivity index is 1.31. The molecule has 0 atom stereocenters. The Labute approximate surface area is 174 Å². The highest BCUT2D eigenvalue weighted by molar-refractivity contribution is 6.03. The molecule has 2 amide bonds. The lowest BCUT2D eigenvalue weighted by Gasteiger charge is -2.18. The summed E-state index contributed by atoms with van der Waals surface area (Å²) in [6.45, 7) is 0.502. The van der Waals surface area contributed by atoms with Gasteiger partial charge in [0.2, 0.25) is 5.91 Å². The molecule has 0 saturated carbocycles. The minimum atomic E-state index is -0.276. The number of hydrogen-bond donors (Lipinski definition) is 2. The molecule has 6 heteroatoms. The van der Waals surface area contributed by atoms with E-state index in [-0.39, 0.29) is 18.4 Å². The van der Waals surface area contributed by atoms with Crippen LogP contribution in [-0.4, -0.2) is 18.4 Å². The van der Waals surface area contributed by atoms with Gasteiger partial charge in [-0.1, -0.05) is 42.5 Å². The predicted molar refractivity (Wildman–Crippen MR) is 115 cm³/mol. The molecule has 3 aromatic carbocycles. The number of carbonyl (C=O) groups excluding carboxylic acids is 2. The van der Waals surface area contributed by atoms with Crippen LogP contribution in [0.3, 0.4) is 0 Å². The van der Waals surface area contributed by atoms with Gasteiger partial charge in [-0.15, -0.1) is 0 Å². The van der Waals surface area contributed by atoms with Crippen molar-refractivity contribution in [2.24, 2.45) is 0 Å². The molecule has 3 aromatic rings. The minimum absolute atomic E-state index is 0.00245. The highest BCUT2D eigenvalue weighted by Gasteiger charge is 2.16. The summed E-state index contributed by atoms with van der Waals surface area (Å²) in [6, 6.07) is 22.6. The smallest absolute Gasteiger partial charge is 0.262 e. The van der Waals surface area contributed by atoms with Crippen molar-refractivity contribution in [2.45, 2.75) is 6.61 Å². The van der Waals surface area contributed by atoms with E-state index in [1.54, 1.807) is 24.3 Å². The third-order valence-electron chi connectivity index (χ3n) is 4.44. The van der Waals surface area contributed by atoms with Gasteiger partial charge in [-0.3, -0.25) is 9.59 Å². The molecule has 0 aromatic heterocycles. The SMILES string of the molecule is O=C(/C=C/c1ccc(OCc2ccccc2)cc1)Nc1ccc2c(c1)NC(=O)CO2. The molecule has 0 bridgehead atoms. The Morgan fingerprint density at radius 1 is 1.07 bits per heavy atom. The minimum Gasteiger partial charge on any atom is -0.489 e. The van der Waals surface area contributed by atoms with Crippen molar-refractivity contribution < 1.29 is 19.1 Å². The Morgan fingerprint density at radius 2 is 1.87 bits per heavy atom. The number of fused-ring (bicyclic) bond motifs is 1. The summed E-state index contributed by atoms with van der Waals surface area (Å²) in [5.74, 6) is 0.848. The van der Waals surface area contributed by atoms with Crippen molar-refractivity contribution in [3.05, 3.63) is 90.0 Å². The molecule has 0 unspecified atom stereocenters. The van der Waals surface area contributed by atoms with E-state index >= 15 is 0 Å². The number of hydrogen-bond acceptors (Lipinski definition) is 4. The van der Waals surface area contributed by atoms with Crippen LogP contribution in [0.2, 0.25) is 0 Å². The fourth-order valence-corrected chi connectivity index (χ4v) is 2.93. The molecule has 0 radical (unpaired) electrons. The van der Waals surface area contributed by atoms with E-state index in [4.69, 9.17) is 9.47 Å². The second kappa shape index (κ2) is 8.96. The number of anilines is 2. The van der Waals surface area contributed by atoms with Gasteiger partial charge in [0.15, 0.2) is 6.61 Å². The average Bonchev–Trinajstić information content (AvgIpc) is 2.77. The van der Waals surface area contributed by atoms with Crippen LogP contribution in [0, 0.1) is 0 Å². The predicted octanol–water partition coefficient (Wildman–Crippen LogP) is 4.25. The molecule has 30 heavy (non-hydrogen) atoms. The Bertz CT molecular complexity index is 1080. The third kappa shape index (κ3) is 5.05. The zero-order valence-corrected chi connectivity index (χ0v) is 16.1. The van der Waals surface area contributed by atoms with Crippen LogP contribution in [0.25, 0.3) is 6.08 Å². The van der Waals surface area contributed by atoms with E-state index in [2.05, 4.69) is 10.6 Å². The first-order valence-electron chi connectivity index (χ1n) is 9.48. The van der Waals surface area contributed by atoms with Gasteiger partial charge < -0.3 is 20.1 Å². The fraction of sp³-hybridized carbons (Fsp3) is 0.0833. The standard InChI is InChI=1S/C24H20N2O4/c27-23(25-19-9-12-22-21(14-19)26-24(28)16-30-22)13-8-17-6-10-20(11-7-17)29-15-18-4-2-1-3-5-18/h1-14H,15-16H2,(H,25,27)(H,26,28)/b13-8+. The quantitative estimate of drug-likeness (QED) is 0.607. The van der Waals surface area contributed by atoms with E-state index < -0.39 is 0 Å². The molecular formula is C24H20N2O4. The zero-order chi connectivity index (χ0) is 20.8. The Hall–Kier alpha value is -4.06. The number of benzene rings is 3. The topological polar surface area (TPSA) is 76.7 Å². The van der Waals surface area contributed by atoms with Crippen LogP contribution >= 0.6 is 0 Å². The van der Waals surface area contributed by atoms with Gasteiger partial charge in [-0.25, -0.2) is 0 Å². The second-order valence-electron chi connectivity index (χ2n) is 6.71. The average molecular weight is 400 g/mol. The molecule has 150 valence electrons. The Kier molecular flexibility index (Phi) is 5.75. The van der Waals surface area contributed by atoms with Crippen LogP contribution in [0.15, 0.2) is 78.9 Å². The highest BCUT2D eigenvalue weighted by Crippen LogP contribution is 2.30. The summed E-state index contributed by atoms with van der Waals surface area (Å²) >= 11 is 0. The van der Waals surface area contributed by atoms with Gasteiger partial charge in [0.25, 0.3) is 5.91 Å². The van der Waals surface area contributed by atoms with Crippen LogP contribution in [0.1, 0.15) is 11.1 Å². The maximum atomic E-state index is 12.2. The summed E-state index contributed by atoms with van der Waals surface area (Å²) in [6.07, 6.45) is 3.17. The van der Waals surface area contributed by atoms with E-state index in [9.17, 15) is 9.59 Å². The molecule has 4 rings (SSSR count). The van der Waals surface area contributed by atoms with Crippen LogP contribution in [-0.2, 0) is 16.2 Å². The zero-order valence-electron chi connectivity index (χ0n) is 16.1. The molecule has 0 aliphatic carbocycles. The van der Waals surface area contributed by atoms with Crippen molar-refractivity contribution in [1.82, 2.24) is 0 Å². The number of carbonyl (C=O) groups is 2. The molecule has 2 N–H and O–H groups in total. The van der Waals surface area contributed by atoms with E-state index in [0.29, 0.717) is 23.7 Å². The van der Waals surface area contributed by atoms with Crippen LogP contribution < -0.4 is 20.1 Å². The lowest BCUT2D eigenvalue weighted by molar-refractivity contribution is -0.118. The van der Waals surface area contributed by atoms with Gasteiger partial charge in [-0.2, -0.15) is 0 Å². The monoisotopic (exact) mass is 400 g/mol. The number of ether oxygens (including phenoxy) is 2. The summed E-state index contributed by atoms with van der Waals surface area (Å²) in [7, 11) is 0. The molecule has 1 heterocycles. The second-order valence-corrected chi connectivity index (χ2v) is 6.71. The van der Waals surface area contributed by atoms with Crippen molar-refractivity contribution in [1.29, 1.82) is 0 Å². The number of amides is 2. The van der Waals surface area contributed by atoms with Gasteiger partial charge in [0.05, 0.1) is 5.69 Å². The van der Waals surface area contributed by atoms with Crippen molar-refractivity contribution >= 4 is 29.3 Å². The summed E-state index contributed by atoms with van der Waals surface area (Å²) in [4.78, 5) is 23.6. The van der Waals surface area contributed by atoms with E-state index in [1.807, 2.05) is 54.6 Å². The van der Waals surface area contributed by atoms with E-state index in [0.717, 1.165) is 16.9 Å². The molecule has 6 nitrogen and oxygen atoms in total. The van der Waals surface area contributed by atoms with Crippen LogP contribution in [0.5, 0.6) is 11.5 Å². The van der Waals surface area contributed by atoms with Crippen molar-refractivity contribution in [3.8, 4) is 11.5 Å². The molecule has 0 fully saturated rings. The summed E-state index contributed by atoms with van der Waals surface area (Å²) in [5, 5.41) is 5.48. The molecule has 0 saturated heterocycles. The molecule has 0 spiro atoms. The number of nitrogens with one attached hydrogen (secondary N) is 2. The summed E-state index contributed by atoms with van der Waals surface area (Å²) < 4.78 is 11.1. The largest absolute Gasteiger partial charge is 0.489 e. The van der Waals surface area contributed by atoms with E-state index in [1.165, 1.54) is 6.08 Å². The maximum absolute atomic E-state index is 12.2.